The molecule has 0 radical (unpaired) electrons. The molecule has 1 aliphatic heterocycles. The van der Waals surface area contributed by atoms with Crippen molar-refractivity contribution < 1.29 is 41.0 Å². The fourth-order valence-electron chi connectivity index (χ4n) is 4.74. The second kappa shape index (κ2) is 12.8. The number of carbonyl (C=O) groups is 2. The zero-order chi connectivity index (χ0) is 33.2. The highest BCUT2D eigenvalue weighted by Gasteiger charge is 2.52. The molecule has 242 valence electrons. The van der Waals surface area contributed by atoms with Crippen LogP contribution in [-0.4, -0.2) is 55.1 Å². The van der Waals surface area contributed by atoms with E-state index in [1.54, 1.807) is 53.7 Å². The fraction of sp³-hybridized carbons (Fsp3) is 0.394. The van der Waals surface area contributed by atoms with Crippen molar-refractivity contribution in [3.05, 3.63) is 95.6 Å². The molecule has 0 spiro atoms. The first-order chi connectivity index (χ1) is 20.8. The molecule has 1 heterocycles. The molecule has 1 fully saturated rings. The van der Waals surface area contributed by atoms with Gasteiger partial charge in [-0.25, -0.2) is 26.8 Å². The minimum atomic E-state index is -4.07. The number of sulfonamides is 1. The number of hydrogen-bond acceptors (Lipinski definition) is 7. The van der Waals surface area contributed by atoms with E-state index in [4.69, 9.17) is 14.2 Å². The lowest BCUT2D eigenvalue weighted by molar-refractivity contribution is -0.157. The summed E-state index contributed by atoms with van der Waals surface area (Å²) in [6, 6.07) is 15.9. The van der Waals surface area contributed by atoms with Gasteiger partial charge in [0.1, 0.15) is 34.6 Å². The highest BCUT2D eigenvalue weighted by atomic mass is 32.2. The molecule has 0 aliphatic carbocycles. The summed E-state index contributed by atoms with van der Waals surface area (Å²) in [7, 11) is -4.07. The predicted molar refractivity (Wildman–Crippen MR) is 163 cm³/mol. The SMILES string of the molecule is CC(C)(C)OC(=O)N[C@@H](Cc1cccc(S(=O)(=O)N2CC(Oc3cccc(F)c3)(c3ccc(F)cc3)C2)c1)C(=O)OC(C)(C)C. The number of hydrogen-bond donors (Lipinski definition) is 1. The van der Waals surface area contributed by atoms with Gasteiger partial charge in [-0.3, -0.25) is 0 Å². The van der Waals surface area contributed by atoms with E-state index in [1.807, 2.05) is 0 Å². The van der Waals surface area contributed by atoms with Gasteiger partial charge in [0.15, 0.2) is 5.60 Å². The van der Waals surface area contributed by atoms with Gasteiger partial charge in [-0.2, -0.15) is 4.31 Å². The van der Waals surface area contributed by atoms with E-state index in [1.165, 1.54) is 65.0 Å². The molecular weight excluding hydrogens is 606 g/mol. The van der Waals surface area contributed by atoms with E-state index < -0.39 is 56.6 Å². The Morgan fingerprint density at radius 3 is 2.09 bits per heavy atom. The van der Waals surface area contributed by atoms with Crippen LogP contribution < -0.4 is 10.1 Å². The van der Waals surface area contributed by atoms with Crippen LogP contribution in [-0.2, 0) is 36.3 Å². The lowest BCUT2D eigenvalue weighted by Gasteiger charge is -2.48. The third kappa shape index (κ3) is 8.79. The van der Waals surface area contributed by atoms with Crippen LogP contribution in [0.3, 0.4) is 0 Å². The summed E-state index contributed by atoms with van der Waals surface area (Å²) in [6.45, 7) is 9.90. The minimum Gasteiger partial charge on any atom is -0.480 e. The van der Waals surface area contributed by atoms with Crippen LogP contribution in [0.5, 0.6) is 5.75 Å². The lowest BCUT2D eigenvalue weighted by atomic mass is 9.87. The molecule has 1 atom stereocenters. The Labute approximate surface area is 262 Å². The number of esters is 1. The first-order valence-corrected chi connectivity index (χ1v) is 15.8. The third-order valence-corrected chi connectivity index (χ3v) is 8.49. The fourth-order valence-corrected chi connectivity index (χ4v) is 6.35. The summed E-state index contributed by atoms with van der Waals surface area (Å²) in [5.41, 5.74) is -1.86. The summed E-state index contributed by atoms with van der Waals surface area (Å²) in [4.78, 5) is 25.5. The normalized spacial score (nSPS) is 15.8. The Balaban J connectivity index is 1.57. The monoisotopic (exact) mass is 644 g/mol. The Morgan fingerprint density at radius 2 is 1.49 bits per heavy atom. The van der Waals surface area contributed by atoms with Gasteiger partial charge in [0, 0.05) is 12.5 Å². The molecule has 0 bridgehead atoms. The maximum Gasteiger partial charge on any atom is 0.408 e. The van der Waals surface area contributed by atoms with Crippen molar-refractivity contribution >= 4 is 22.1 Å². The van der Waals surface area contributed by atoms with Crippen LogP contribution in [0.15, 0.2) is 77.7 Å². The minimum absolute atomic E-state index is 0.0429. The quantitative estimate of drug-likeness (QED) is 0.297. The van der Waals surface area contributed by atoms with Crippen molar-refractivity contribution in [2.45, 2.75) is 75.7 Å². The van der Waals surface area contributed by atoms with Gasteiger partial charge in [0.05, 0.1) is 18.0 Å². The number of carbonyl (C=O) groups excluding carboxylic acids is 2. The average molecular weight is 645 g/mol. The molecule has 0 saturated carbocycles. The van der Waals surface area contributed by atoms with Crippen LogP contribution in [0, 0.1) is 11.6 Å². The van der Waals surface area contributed by atoms with Gasteiger partial charge in [-0.1, -0.05) is 30.3 Å². The maximum atomic E-state index is 13.9. The Kier molecular flexibility index (Phi) is 9.60. The molecule has 3 aromatic rings. The van der Waals surface area contributed by atoms with Gasteiger partial charge in [-0.05, 0) is 89.1 Å². The standard InChI is InChI=1S/C33H38F2N2O7S/c1-31(2,3)43-29(38)28(36-30(39)44-32(4,5)6)18-22-9-7-12-27(17-22)45(40,41)37-20-33(21-37,23-13-15-24(34)16-14-23)42-26-11-8-10-25(35)19-26/h7-17,19,28H,18,20-21H2,1-6H3,(H,36,39)/t28-/m0/s1. The predicted octanol–water partition coefficient (Wildman–Crippen LogP) is 5.72. The number of benzene rings is 3. The van der Waals surface area contributed by atoms with E-state index >= 15 is 0 Å². The summed E-state index contributed by atoms with van der Waals surface area (Å²) in [6.07, 6.45) is -0.891. The van der Waals surface area contributed by atoms with Crippen molar-refractivity contribution in [3.8, 4) is 5.75 Å². The molecule has 0 aromatic heterocycles. The molecule has 1 aliphatic rings. The van der Waals surface area contributed by atoms with Crippen molar-refractivity contribution in [3.63, 3.8) is 0 Å². The first-order valence-electron chi connectivity index (χ1n) is 14.4. The number of alkyl carbamates (subject to hydrolysis) is 1. The largest absolute Gasteiger partial charge is 0.480 e. The van der Waals surface area contributed by atoms with Gasteiger partial charge >= 0.3 is 12.1 Å². The van der Waals surface area contributed by atoms with Crippen molar-refractivity contribution in [2.24, 2.45) is 0 Å². The van der Waals surface area contributed by atoms with Crippen LogP contribution >= 0.6 is 0 Å². The van der Waals surface area contributed by atoms with Crippen molar-refractivity contribution in [1.29, 1.82) is 0 Å². The lowest BCUT2D eigenvalue weighted by Crippen LogP contribution is -2.64. The number of nitrogens with one attached hydrogen (secondary N) is 1. The van der Waals surface area contributed by atoms with Crippen molar-refractivity contribution in [1.82, 2.24) is 9.62 Å². The maximum absolute atomic E-state index is 13.9. The van der Waals surface area contributed by atoms with Gasteiger partial charge in [0.25, 0.3) is 0 Å². The Morgan fingerprint density at radius 1 is 0.867 bits per heavy atom. The van der Waals surface area contributed by atoms with Crippen LogP contribution in [0.1, 0.15) is 52.7 Å². The molecule has 45 heavy (non-hydrogen) atoms. The van der Waals surface area contributed by atoms with E-state index in [-0.39, 0.29) is 30.2 Å². The second-order valence-electron chi connectivity index (χ2n) is 12.9. The van der Waals surface area contributed by atoms with E-state index in [9.17, 15) is 26.8 Å². The zero-order valence-corrected chi connectivity index (χ0v) is 26.9. The second-order valence-corrected chi connectivity index (χ2v) is 14.9. The average Bonchev–Trinajstić information content (AvgIpc) is 2.89. The summed E-state index contributed by atoms with van der Waals surface area (Å²) < 4.78 is 73.3. The zero-order valence-electron chi connectivity index (χ0n) is 26.1. The molecule has 12 heteroatoms. The summed E-state index contributed by atoms with van der Waals surface area (Å²) >= 11 is 0. The molecular formula is C33H38F2N2O7S. The molecule has 1 saturated heterocycles. The molecule has 9 nitrogen and oxygen atoms in total. The first kappa shape index (κ1) is 33.9. The molecule has 4 rings (SSSR count). The van der Waals surface area contributed by atoms with Gasteiger partial charge in [-0.15, -0.1) is 0 Å². The molecule has 1 N–H and O–H groups in total. The summed E-state index contributed by atoms with van der Waals surface area (Å²) in [5.74, 6) is -1.49. The Bertz CT molecular complexity index is 1640. The number of rotatable bonds is 9. The highest BCUT2D eigenvalue weighted by Crippen LogP contribution is 2.40. The Hall–Kier alpha value is -4.03. The highest BCUT2D eigenvalue weighted by molar-refractivity contribution is 7.89. The van der Waals surface area contributed by atoms with Crippen molar-refractivity contribution in [2.75, 3.05) is 13.1 Å². The molecule has 0 unspecified atom stereocenters. The van der Waals surface area contributed by atoms with E-state index in [2.05, 4.69) is 5.32 Å². The van der Waals surface area contributed by atoms with Gasteiger partial charge in [0.2, 0.25) is 10.0 Å². The van der Waals surface area contributed by atoms with Crippen LogP contribution in [0.4, 0.5) is 13.6 Å². The van der Waals surface area contributed by atoms with E-state index in [0.29, 0.717) is 11.1 Å². The molecule has 3 aromatic carbocycles. The third-order valence-electron chi connectivity index (χ3n) is 6.70. The van der Waals surface area contributed by atoms with Crippen LogP contribution in [0.2, 0.25) is 0 Å². The van der Waals surface area contributed by atoms with E-state index in [0.717, 1.165) is 0 Å². The summed E-state index contributed by atoms with van der Waals surface area (Å²) in [5, 5.41) is 2.54. The molecule has 1 amide bonds. The van der Waals surface area contributed by atoms with Crippen LogP contribution in [0.25, 0.3) is 0 Å². The number of nitrogens with zero attached hydrogens (tertiary/aromatic N) is 1. The number of halogens is 2. The van der Waals surface area contributed by atoms with Gasteiger partial charge < -0.3 is 19.5 Å². The number of ether oxygens (including phenoxy) is 3. The smallest absolute Gasteiger partial charge is 0.408 e. The number of amides is 1. The topological polar surface area (TPSA) is 111 Å².